The molecule has 0 radical (unpaired) electrons. The minimum Gasteiger partial charge on any atom is -0.468 e. The van der Waals surface area contributed by atoms with Gasteiger partial charge in [0.25, 0.3) is 0 Å². The number of rotatable bonds is 16. The smallest absolute Gasteiger partial charge is 0.333 e. The third-order valence-electron chi connectivity index (χ3n) is 6.77. The third-order valence-corrected chi connectivity index (χ3v) is 6.77. The van der Waals surface area contributed by atoms with Crippen LogP contribution >= 0.6 is 0 Å². The summed E-state index contributed by atoms with van der Waals surface area (Å²) >= 11 is 0. The van der Waals surface area contributed by atoms with Crippen molar-refractivity contribution in [1.29, 1.82) is 0 Å². The lowest BCUT2D eigenvalue weighted by atomic mass is 9.54. The maximum absolute atomic E-state index is 12.9. The zero-order valence-corrected chi connectivity index (χ0v) is 22.4. The second kappa shape index (κ2) is 15.3. The zero-order chi connectivity index (χ0) is 25.8. The number of methoxy groups -OCH3 is 1. The fourth-order valence-corrected chi connectivity index (χ4v) is 4.44. The van der Waals surface area contributed by atoms with E-state index in [2.05, 4.69) is 48.1 Å². The summed E-state index contributed by atoms with van der Waals surface area (Å²) in [6.07, 6.45) is 4.38. The highest BCUT2D eigenvalue weighted by Gasteiger charge is 2.43. The molecule has 0 bridgehead atoms. The van der Waals surface area contributed by atoms with Crippen LogP contribution in [0.15, 0.2) is 12.1 Å². The molecule has 0 spiro atoms. The molecule has 5 unspecified atom stereocenters. The van der Waals surface area contributed by atoms with Crippen molar-refractivity contribution >= 4 is 24.4 Å². The van der Waals surface area contributed by atoms with Gasteiger partial charge in [-0.25, -0.2) is 0 Å². The largest absolute Gasteiger partial charge is 0.468 e. The summed E-state index contributed by atoms with van der Waals surface area (Å²) in [7, 11) is 3.33. The minimum atomic E-state index is -0.636. The van der Waals surface area contributed by atoms with Crippen LogP contribution in [-0.2, 0) is 19.1 Å². The van der Waals surface area contributed by atoms with Crippen molar-refractivity contribution in [3.63, 3.8) is 0 Å². The number of amides is 1. The van der Waals surface area contributed by atoms with Crippen LogP contribution in [0, 0.1) is 5.92 Å². The van der Waals surface area contributed by atoms with Gasteiger partial charge in [0, 0.05) is 18.6 Å². The number of hydrogen-bond donors (Lipinski definition) is 3. The van der Waals surface area contributed by atoms with Gasteiger partial charge in [-0.05, 0) is 65.5 Å². The molecule has 0 aromatic rings. The Kier molecular flexibility index (Phi) is 13.7. The van der Waals surface area contributed by atoms with Gasteiger partial charge in [0.15, 0.2) is 0 Å². The van der Waals surface area contributed by atoms with E-state index in [9.17, 15) is 14.4 Å². The first kappa shape index (κ1) is 30.3. The van der Waals surface area contributed by atoms with Crippen LogP contribution in [0.25, 0.3) is 0 Å². The fourth-order valence-electron chi connectivity index (χ4n) is 4.44. The molecule has 0 aliphatic carbocycles. The summed E-state index contributed by atoms with van der Waals surface area (Å²) in [5.41, 5.74) is 1.21. The van der Waals surface area contributed by atoms with E-state index in [4.69, 9.17) is 4.74 Å². The Hall–Kier alpha value is -1.71. The van der Waals surface area contributed by atoms with Crippen LogP contribution in [0.2, 0.25) is 0 Å². The second-order valence-electron chi connectivity index (χ2n) is 9.99. The van der Waals surface area contributed by atoms with E-state index in [1.807, 2.05) is 20.9 Å². The van der Waals surface area contributed by atoms with E-state index in [-0.39, 0.29) is 36.9 Å². The van der Waals surface area contributed by atoms with Gasteiger partial charge in [-0.1, -0.05) is 26.2 Å². The first-order chi connectivity index (χ1) is 16.0. The minimum absolute atomic E-state index is 0.0626. The molecule has 3 N–H and O–H groups in total. The van der Waals surface area contributed by atoms with Gasteiger partial charge in [0.05, 0.1) is 19.6 Å². The molecule has 0 aromatic carbocycles. The maximum atomic E-state index is 12.9. The summed E-state index contributed by atoms with van der Waals surface area (Å²) in [5, 5.41) is 9.49. The van der Waals surface area contributed by atoms with Crippen LogP contribution in [0.4, 0.5) is 0 Å². The number of carbonyl (C=O) groups excluding carboxylic acids is 3. The van der Waals surface area contributed by atoms with Crippen molar-refractivity contribution in [1.82, 2.24) is 20.8 Å². The Morgan fingerprint density at radius 1 is 1.21 bits per heavy atom. The summed E-state index contributed by atoms with van der Waals surface area (Å²) in [4.78, 5) is 39.3. The molecule has 1 aliphatic rings. The van der Waals surface area contributed by atoms with Crippen molar-refractivity contribution in [2.24, 2.45) is 5.92 Å². The van der Waals surface area contributed by atoms with Crippen LogP contribution in [0.5, 0.6) is 0 Å². The quantitative estimate of drug-likeness (QED) is 0.178. The molecule has 9 heteroatoms. The average Bonchev–Trinajstić information content (AvgIpc) is 3.07. The molecule has 1 aliphatic heterocycles. The highest BCUT2D eigenvalue weighted by Crippen LogP contribution is 2.23. The first-order valence-corrected chi connectivity index (χ1v) is 12.8. The van der Waals surface area contributed by atoms with Gasteiger partial charge in [0.1, 0.15) is 11.7 Å². The maximum Gasteiger partial charge on any atom is 0.333 e. The molecule has 1 heterocycles. The SMILES string of the molecule is C=C1CC(NC(C)CC)C(=O)B1N(C)CC(C)CCCNC(=O)CC(NC(C)CC)C(=O)OC. The predicted molar refractivity (Wildman–Crippen MR) is 139 cm³/mol. The Morgan fingerprint density at radius 3 is 2.44 bits per heavy atom. The number of nitrogens with one attached hydrogen (secondary N) is 3. The molecule has 1 amide bonds. The highest BCUT2D eigenvalue weighted by atomic mass is 16.5. The standard InChI is InChI=1S/C25H47BN4O4/c1-9-19(5)28-21-14-18(4)26(24(21)32)30(7)16-17(3)12-11-13-27-23(31)15-22(25(33)34-8)29-20(6)10-2/h17,19-22,28-29H,4,9-16H2,1-3,5-8H3,(H,27,31). The third kappa shape index (κ3) is 9.88. The molecule has 8 nitrogen and oxygen atoms in total. The lowest BCUT2D eigenvalue weighted by molar-refractivity contribution is -0.145. The van der Waals surface area contributed by atoms with Crippen molar-refractivity contribution in [3.05, 3.63) is 12.1 Å². The van der Waals surface area contributed by atoms with E-state index in [1.165, 1.54) is 7.11 Å². The number of carbonyl (C=O) groups is 3. The van der Waals surface area contributed by atoms with Crippen LogP contribution in [-0.4, -0.2) is 80.6 Å². The number of esters is 1. The average molecular weight is 478 g/mol. The van der Waals surface area contributed by atoms with Crippen molar-refractivity contribution < 1.29 is 19.1 Å². The molecule has 194 valence electrons. The monoisotopic (exact) mass is 478 g/mol. The van der Waals surface area contributed by atoms with E-state index in [0.29, 0.717) is 24.9 Å². The molecule has 1 saturated heterocycles. The lowest BCUT2D eigenvalue weighted by Gasteiger charge is -2.25. The summed E-state index contributed by atoms with van der Waals surface area (Å²) < 4.78 is 4.82. The first-order valence-electron chi connectivity index (χ1n) is 12.8. The van der Waals surface area contributed by atoms with Gasteiger partial charge < -0.3 is 30.3 Å². The van der Waals surface area contributed by atoms with Gasteiger partial charge >= 0.3 is 12.8 Å². The normalized spacial score (nSPS) is 19.8. The summed E-state index contributed by atoms with van der Waals surface area (Å²) in [6.45, 7) is 15.7. The Bertz CT molecular complexity index is 690. The van der Waals surface area contributed by atoms with E-state index in [0.717, 1.165) is 37.7 Å². The Balaban J connectivity index is 2.40. The molecule has 34 heavy (non-hydrogen) atoms. The second-order valence-corrected chi connectivity index (χ2v) is 9.99. The molecular formula is C25H47BN4O4. The van der Waals surface area contributed by atoms with Gasteiger partial charge in [-0.3, -0.25) is 9.59 Å². The van der Waals surface area contributed by atoms with Crippen LogP contribution in [0.3, 0.4) is 0 Å². The fraction of sp³-hybridized carbons (Fsp3) is 0.800. The van der Waals surface area contributed by atoms with E-state index < -0.39 is 12.0 Å². The topological polar surface area (TPSA) is 99.8 Å². The van der Waals surface area contributed by atoms with Crippen LogP contribution < -0.4 is 16.0 Å². The molecular weight excluding hydrogens is 431 g/mol. The van der Waals surface area contributed by atoms with E-state index in [1.54, 1.807) is 0 Å². The molecule has 5 atom stereocenters. The van der Waals surface area contributed by atoms with Gasteiger partial charge in [-0.15, -0.1) is 6.58 Å². The Labute approximate surface area is 207 Å². The molecule has 1 rings (SSSR count). The number of hydrogen-bond acceptors (Lipinski definition) is 7. The molecule has 0 saturated carbocycles. The molecule has 0 aromatic heterocycles. The van der Waals surface area contributed by atoms with Gasteiger partial charge in [-0.2, -0.15) is 0 Å². The van der Waals surface area contributed by atoms with Crippen molar-refractivity contribution in [2.75, 3.05) is 27.2 Å². The number of nitrogens with zero attached hydrogens (tertiary/aromatic N) is 1. The number of ether oxygens (including phenoxy) is 1. The highest BCUT2D eigenvalue weighted by molar-refractivity contribution is 6.95. The lowest BCUT2D eigenvalue weighted by Crippen LogP contribution is -2.49. The van der Waals surface area contributed by atoms with E-state index >= 15 is 0 Å². The van der Waals surface area contributed by atoms with Crippen molar-refractivity contribution in [3.8, 4) is 0 Å². The van der Waals surface area contributed by atoms with Crippen molar-refractivity contribution in [2.45, 2.75) is 97.3 Å². The zero-order valence-electron chi connectivity index (χ0n) is 22.4. The summed E-state index contributed by atoms with van der Waals surface area (Å²) in [6, 6.07) is -0.334. The summed E-state index contributed by atoms with van der Waals surface area (Å²) in [5.74, 6) is -0.209. The Morgan fingerprint density at radius 2 is 1.85 bits per heavy atom. The molecule has 1 fully saturated rings. The van der Waals surface area contributed by atoms with Gasteiger partial charge in [0.2, 0.25) is 5.91 Å². The predicted octanol–water partition coefficient (Wildman–Crippen LogP) is 2.13. The van der Waals surface area contributed by atoms with Crippen LogP contribution in [0.1, 0.15) is 73.1 Å².